The third-order valence-corrected chi connectivity index (χ3v) is 2.38. The van der Waals surface area contributed by atoms with Gasteiger partial charge in [-0.3, -0.25) is 0 Å². The molecule has 0 heterocycles. The molecule has 106 valence electrons. The van der Waals surface area contributed by atoms with Gasteiger partial charge in [0.1, 0.15) is 6.07 Å². The van der Waals surface area contributed by atoms with Crippen LogP contribution in [-0.2, 0) is 9.53 Å². The van der Waals surface area contributed by atoms with Crippen molar-refractivity contribution in [2.45, 2.75) is 0 Å². The van der Waals surface area contributed by atoms with Gasteiger partial charge in [0.2, 0.25) is 5.75 Å². The first-order valence-corrected chi connectivity index (χ1v) is 5.68. The molecule has 0 N–H and O–H groups in total. The summed E-state index contributed by atoms with van der Waals surface area (Å²) >= 11 is 0. The third kappa shape index (κ3) is 3.92. The van der Waals surface area contributed by atoms with Crippen LogP contribution in [-0.4, -0.2) is 33.9 Å². The second kappa shape index (κ2) is 7.69. The molecule has 0 aliphatic carbocycles. The summed E-state index contributed by atoms with van der Waals surface area (Å²) in [6.45, 7) is -0.279. The average molecular weight is 277 g/mol. The SMILES string of the molecule is COc1cc(C=CC(=O)OCC#N)cc(OC)c1OC. The Morgan fingerprint density at radius 3 is 2.25 bits per heavy atom. The van der Waals surface area contributed by atoms with E-state index in [-0.39, 0.29) is 6.61 Å². The summed E-state index contributed by atoms with van der Waals surface area (Å²) < 4.78 is 20.2. The van der Waals surface area contributed by atoms with Crippen LogP contribution in [0.4, 0.5) is 0 Å². The zero-order valence-corrected chi connectivity index (χ0v) is 11.5. The molecule has 0 amide bonds. The number of hydrogen-bond acceptors (Lipinski definition) is 6. The fraction of sp³-hybridized carbons (Fsp3) is 0.286. The smallest absolute Gasteiger partial charge is 0.331 e. The third-order valence-electron chi connectivity index (χ3n) is 2.38. The second-order valence-electron chi connectivity index (χ2n) is 3.56. The van der Waals surface area contributed by atoms with E-state index in [2.05, 4.69) is 4.74 Å². The number of nitriles is 1. The molecule has 0 saturated heterocycles. The molecule has 1 aromatic rings. The van der Waals surface area contributed by atoms with Crippen molar-refractivity contribution in [3.05, 3.63) is 23.8 Å². The highest BCUT2D eigenvalue weighted by atomic mass is 16.5. The number of esters is 1. The molecule has 0 aliphatic rings. The van der Waals surface area contributed by atoms with Gasteiger partial charge in [0, 0.05) is 6.08 Å². The summed E-state index contributed by atoms with van der Waals surface area (Å²) in [5, 5.41) is 8.30. The van der Waals surface area contributed by atoms with Crippen LogP contribution in [0.25, 0.3) is 6.08 Å². The molecule has 1 aromatic carbocycles. The molecule has 0 bridgehead atoms. The maximum absolute atomic E-state index is 11.3. The number of hydrogen-bond donors (Lipinski definition) is 0. The lowest BCUT2D eigenvalue weighted by Crippen LogP contribution is -2.00. The van der Waals surface area contributed by atoms with E-state index in [9.17, 15) is 4.79 Å². The number of methoxy groups -OCH3 is 3. The van der Waals surface area contributed by atoms with Crippen LogP contribution in [0.5, 0.6) is 17.2 Å². The molecule has 6 heteroatoms. The Morgan fingerprint density at radius 1 is 1.20 bits per heavy atom. The topological polar surface area (TPSA) is 77.8 Å². The molecule has 0 aromatic heterocycles. The van der Waals surface area contributed by atoms with Gasteiger partial charge in [-0.05, 0) is 23.8 Å². The van der Waals surface area contributed by atoms with Crippen molar-refractivity contribution in [2.24, 2.45) is 0 Å². The van der Waals surface area contributed by atoms with Crippen molar-refractivity contribution in [2.75, 3.05) is 27.9 Å². The normalized spacial score (nSPS) is 9.90. The van der Waals surface area contributed by atoms with Crippen molar-refractivity contribution in [3.8, 4) is 23.3 Å². The van der Waals surface area contributed by atoms with E-state index in [0.717, 1.165) is 0 Å². The van der Waals surface area contributed by atoms with Crippen molar-refractivity contribution in [3.63, 3.8) is 0 Å². The molecular weight excluding hydrogens is 262 g/mol. The van der Waals surface area contributed by atoms with Gasteiger partial charge in [-0.25, -0.2) is 4.79 Å². The highest BCUT2D eigenvalue weighted by Gasteiger charge is 2.12. The monoisotopic (exact) mass is 277 g/mol. The first-order chi connectivity index (χ1) is 9.65. The largest absolute Gasteiger partial charge is 0.493 e. The van der Waals surface area contributed by atoms with Gasteiger partial charge in [0.15, 0.2) is 18.1 Å². The quantitative estimate of drug-likeness (QED) is 0.582. The Balaban J connectivity index is 2.99. The minimum Gasteiger partial charge on any atom is -0.493 e. The van der Waals surface area contributed by atoms with Crippen molar-refractivity contribution >= 4 is 12.0 Å². The lowest BCUT2D eigenvalue weighted by molar-refractivity contribution is -0.136. The Morgan fingerprint density at radius 2 is 1.80 bits per heavy atom. The van der Waals surface area contributed by atoms with Gasteiger partial charge < -0.3 is 18.9 Å². The van der Waals surface area contributed by atoms with Crippen LogP contribution in [0.1, 0.15) is 5.56 Å². The summed E-state index contributed by atoms with van der Waals surface area (Å²) in [6.07, 6.45) is 2.75. The second-order valence-corrected chi connectivity index (χ2v) is 3.56. The Kier molecular flexibility index (Phi) is 5.91. The van der Waals surface area contributed by atoms with E-state index in [1.165, 1.54) is 33.5 Å². The zero-order chi connectivity index (χ0) is 15.0. The molecule has 0 saturated carbocycles. The predicted molar refractivity (Wildman–Crippen MR) is 71.7 cm³/mol. The fourth-order valence-electron chi connectivity index (χ4n) is 1.51. The fourth-order valence-corrected chi connectivity index (χ4v) is 1.51. The summed E-state index contributed by atoms with van der Waals surface area (Å²) in [5.74, 6) is 0.841. The average Bonchev–Trinajstić information content (AvgIpc) is 2.49. The first kappa shape index (κ1) is 15.4. The van der Waals surface area contributed by atoms with E-state index in [4.69, 9.17) is 19.5 Å². The molecule has 0 aliphatic heterocycles. The Bertz CT molecular complexity index is 520. The summed E-state index contributed by atoms with van der Waals surface area (Å²) in [7, 11) is 4.52. The highest BCUT2D eigenvalue weighted by Crippen LogP contribution is 2.38. The van der Waals surface area contributed by atoms with E-state index < -0.39 is 5.97 Å². The van der Waals surface area contributed by atoms with Crippen LogP contribution in [0.3, 0.4) is 0 Å². The molecule has 0 fully saturated rings. The van der Waals surface area contributed by atoms with Gasteiger partial charge in [-0.2, -0.15) is 5.26 Å². The molecule has 6 nitrogen and oxygen atoms in total. The first-order valence-electron chi connectivity index (χ1n) is 5.68. The molecule has 1 rings (SSSR count). The number of ether oxygens (including phenoxy) is 4. The number of nitrogens with zero attached hydrogens (tertiary/aromatic N) is 1. The van der Waals surface area contributed by atoms with Gasteiger partial charge in [-0.15, -0.1) is 0 Å². The number of rotatable bonds is 6. The minimum atomic E-state index is -0.597. The molecule has 0 atom stereocenters. The van der Waals surface area contributed by atoms with E-state index >= 15 is 0 Å². The predicted octanol–water partition coefficient (Wildman–Crippen LogP) is 1.79. The zero-order valence-electron chi connectivity index (χ0n) is 11.5. The standard InChI is InChI=1S/C14H15NO5/c1-17-11-8-10(4-5-13(16)20-7-6-15)9-12(18-2)14(11)19-3/h4-5,8-9H,7H2,1-3H3. The van der Waals surface area contributed by atoms with Gasteiger partial charge in [0.05, 0.1) is 21.3 Å². The number of carbonyl (C=O) groups is 1. The maximum Gasteiger partial charge on any atom is 0.331 e. The van der Waals surface area contributed by atoms with E-state index in [1.54, 1.807) is 18.2 Å². The summed E-state index contributed by atoms with van der Waals surface area (Å²) in [6, 6.07) is 5.09. The molecule has 0 radical (unpaired) electrons. The molecule has 0 spiro atoms. The number of benzene rings is 1. The van der Waals surface area contributed by atoms with Gasteiger partial charge >= 0.3 is 5.97 Å². The lowest BCUT2D eigenvalue weighted by Gasteiger charge is -2.12. The van der Waals surface area contributed by atoms with Crippen molar-refractivity contribution < 1.29 is 23.7 Å². The van der Waals surface area contributed by atoms with Gasteiger partial charge in [-0.1, -0.05) is 0 Å². The lowest BCUT2D eigenvalue weighted by atomic mass is 10.1. The van der Waals surface area contributed by atoms with Crippen LogP contribution in [0.15, 0.2) is 18.2 Å². The maximum atomic E-state index is 11.3. The molecule has 0 unspecified atom stereocenters. The highest BCUT2D eigenvalue weighted by molar-refractivity contribution is 5.87. The van der Waals surface area contributed by atoms with E-state index in [1.807, 2.05) is 0 Å². The number of carbonyl (C=O) groups excluding carboxylic acids is 1. The van der Waals surface area contributed by atoms with Crippen LogP contribution >= 0.6 is 0 Å². The Hall–Kier alpha value is -2.68. The Labute approximate surface area is 117 Å². The van der Waals surface area contributed by atoms with E-state index in [0.29, 0.717) is 22.8 Å². The van der Waals surface area contributed by atoms with Crippen LogP contribution in [0, 0.1) is 11.3 Å². The summed E-state index contributed by atoms with van der Waals surface area (Å²) in [5.41, 5.74) is 0.674. The van der Waals surface area contributed by atoms with Crippen LogP contribution < -0.4 is 14.2 Å². The van der Waals surface area contributed by atoms with Crippen molar-refractivity contribution in [1.82, 2.24) is 0 Å². The summed E-state index contributed by atoms with van der Waals surface area (Å²) in [4.78, 5) is 11.3. The molecular formula is C14H15NO5. The van der Waals surface area contributed by atoms with Crippen molar-refractivity contribution in [1.29, 1.82) is 5.26 Å². The van der Waals surface area contributed by atoms with Gasteiger partial charge in [0.25, 0.3) is 0 Å². The van der Waals surface area contributed by atoms with Crippen LogP contribution in [0.2, 0.25) is 0 Å². The molecule has 20 heavy (non-hydrogen) atoms. The minimum absolute atomic E-state index is 0.279.